The quantitative estimate of drug-likeness (QED) is 0.684. The lowest BCUT2D eigenvalue weighted by Gasteiger charge is -2.54. The smallest absolute Gasteiger partial charge is 0.245 e. The minimum absolute atomic E-state index is 0.00341. The zero-order valence-electron chi connectivity index (χ0n) is 17.9. The molecule has 2 atom stereocenters. The van der Waals surface area contributed by atoms with Crippen LogP contribution in [0.4, 0.5) is 0 Å². The normalized spacial score (nSPS) is 27.4. The van der Waals surface area contributed by atoms with Gasteiger partial charge in [-0.25, -0.2) is 0 Å². The standard InChI is InChI=1S/C24H31ClN2O3/c1-4-21(28)27-15-24(16-27)9-11-26(12-10-24)22(29)19-14-30-23(2,3)13-18(19)17-7-5-6-8-20(17)25/h4-8,18-19H,1,9-16H2,2-3H3/t18-,19+/m0/s1. The van der Waals surface area contributed by atoms with E-state index in [0.717, 1.165) is 56.0 Å². The molecular weight excluding hydrogens is 400 g/mol. The first-order chi connectivity index (χ1) is 14.2. The maximum absolute atomic E-state index is 13.5. The number of carbonyl (C=O) groups excluding carboxylic acids is 2. The summed E-state index contributed by atoms with van der Waals surface area (Å²) in [6.45, 7) is 11.2. The largest absolute Gasteiger partial charge is 0.375 e. The third kappa shape index (κ3) is 4.02. The lowest BCUT2D eigenvalue weighted by Crippen LogP contribution is -2.62. The number of likely N-dealkylation sites (tertiary alicyclic amines) is 2. The first-order valence-electron chi connectivity index (χ1n) is 10.8. The van der Waals surface area contributed by atoms with Crippen LogP contribution in [-0.2, 0) is 14.3 Å². The molecule has 3 aliphatic rings. The van der Waals surface area contributed by atoms with Crippen molar-refractivity contribution in [1.82, 2.24) is 9.80 Å². The lowest BCUT2D eigenvalue weighted by molar-refractivity contribution is -0.156. The van der Waals surface area contributed by atoms with Crippen LogP contribution in [0, 0.1) is 11.3 Å². The molecule has 0 bridgehead atoms. The molecule has 0 saturated carbocycles. The van der Waals surface area contributed by atoms with Gasteiger partial charge in [0, 0.05) is 42.5 Å². The van der Waals surface area contributed by atoms with E-state index < -0.39 is 0 Å². The zero-order valence-corrected chi connectivity index (χ0v) is 18.7. The maximum atomic E-state index is 13.5. The van der Waals surface area contributed by atoms with E-state index >= 15 is 0 Å². The van der Waals surface area contributed by atoms with Crippen molar-refractivity contribution >= 4 is 23.4 Å². The fourth-order valence-electron chi connectivity index (χ4n) is 5.31. The number of hydrogen-bond donors (Lipinski definition) is 0. The molecule has 4 rings (SSSR count). The third-order valence-electron chi connectivity index (χ3n) is 7.15. The summed E-state index contributed by atoms with van der Waals surface area (Å²) in [5.41, 5.74) is 0.933. The van der Waals surface area contributed by atoms with Gasteiger partial charge in [-0.05, 0) is 50.8 Å². The van der Waals surface area contributed by atoms with Gasteiger partial charge in [0.05, 0.1) is 18.1 Å². The molecule has 1 spiro atoms. The second kappa shape index (κ2) is 8.01. The summed E-state index contributed by atoms with van der Waals surface area (Å²) in [4.78, 5) is 29.1. The van der Waals surface area contributed by atoms with Crippen LogP contribution in [0.15, 0.2) is 36.9 Å². The zero-order chi connectivity index (χ0) is 21.5. The highest BCUT2D eigenvalue weighted by atomic mass is 35.5. The molecule has 3 heterocycles. The Morgan fingerprint density at radius 3 is 2.47 bits per heavy atom. The van der Waals surface area contributed by atoms with Gasteiger partial charge in [0.2, 0.25) is 11.8 Å². The van der Waals surface area contributed by atoms with E-state index in [1.54, 1.807) is 0 Å². The number of amides is 2. The fourth-order valence-corrected chi connectivity index (χ4v) is 5.58. The highest BCUT2D eigenvalue weighted by Crippen LogP contribution is 2.44. The van der Waals surface area contributed by atoms with Gasteiger partial charge in [-0.3, -0.25) is 9.59 Å². The predicted octanol–water partition coefficient (Wildman–Crippen LogP) is 3.88. The Kier molecular flexibility index (Phi) is 5.71. The van der Waals surface area contributed by atoms with Crippen molar-refractivity contribution < 1.29 is 14.3 Å². The predicted molar refractivity (Wildman–Crippen MR) is 117 cm³/mol. The Labute approximate surface area is 184 Å². The molecule has 30 heavy (non-hydrogen) atoms. The van der Waals surface area contributed by atoms with Gasteiger partial charge < -0.3 is 14.5 Å². The van der Waals surface area contributed by atoms with Crippen molar-refractivity contribution in [3.8, 4) is 0 Å². The van der Waals surface area contributed by atoms with Crippen LogP contribution in [0.1, 0.15) is 44.6 Å². The lowest BCUT2D eigenvalue weighted by atomic mass is 9.71. The number of benzene rings is 1. The number of ether oxygens (including phenoxy) is 1. The van der Waals surface area contributed by atoms with Crippen LogP contribution >= 0.6 is 11.6 Å². The number of halogens is 1. The topological polar surface area (TPSA) is 49.9 Å². The molecule has 0 aliphatic carbocycles. The van der Waals surface area contributed by atoms with E-state index in [0.29, 0.717) is 6.61 Å². The van der Waals surface area contributed by atoms with E-state index in [9.17, 15) is 9.59 Å². The molecule has 5 nitrogen and oxygen atoms in total. The van der Waals surface area contributed by atoms with E-state index in [1.807, 2.05) is 34.1 Å². The molecule has 3 aliphatic heterocycles. The van der Waals surface area contributed by atoms with E-state index in [1.165, 1.54) is 6.08 Å². The van der Waals surface area contributed by atoms with Crippen LogP contribution in [0.3, 0.4) is 0 Å². The first kappa shape index (κ1) is 21.4. The van der Waals surface area contributed by atoms with Gasteiger partial charge in [-0.15, -0.1) is 0 Å². The molecule has 0 radical (unpaired) electrons. The number of rotatable bonds is 3. The highest BCUT2D eigenvalue weighted by Gasteiger charge is 2.48. The summed E-state index contributed by atoms with van der Waals surface area (Å²) in [5.74, 6) is 0.00903. The third-order valence-corrected chi connectivity index (χ3v) is 7.49. The van der Waals surface area contributed by atoms with E-state index in [4.69, 9.17) is 16.3 Å². The highest BCUT2D eigenvalue weighted by molar-refractivity contribution is 6.31. The van der Waals surface area contributed by atoms with Gasteiger partial charge in [0.15, 0.2) is 0 Å². The maximum Gasteiger partial charge on any atom is 0.245 e. The molecule has 1 aromatic carbocycles. The molecule has 0 aromatic heterocycles. The van der Waals surface area contributed by atoms with Crippen LogP contribution in [-0.4, -0.2) is 60.0 Å². The first-order valence-corrected chi connectivity index (χ1v) is 11.2. The second-order valence-corrected chi connectivity index (χ2v) is 10.1. The molecule has 0 unspecified atom stereocenters. The van der Waals surface area contributed by atoms with Gasteiger partial charge in [-0.2, -0.15) is 0 Å². The Balaban J connectivity index is 1.44. The summed E-state index contributed by atoms with van der Waals surface area (Å²) in [5, 5.41) is 0.719. The van der Waals surface area contributed by atoms with E-state index in [2.05, 4.69) is 20.4 Å². The average molecular weight is 431 g/mol. The van der Waals surface area contributed by atoms with Gasteiger partial charge in [0.25, 0.3) is 0 Å². The van der Waals surface area contributed by atoms with Crippen LogP contribution in [0.2, 0.25) is 5.02 Å². The van der Waals surface area contributed by atoms with Gasteiger partial charge in [0.1, 0.15) is 0 Å². The Morgan fingerprint density at radius 2 is 1.83 bits per heavy atom. The summed E-state index contributed by atoms with van der Waals surface area (Å²) in [6, 6.07) is 7.86. The molecule has 1 aromatic rings. The molecule has 3 fully saturated rings. The van der Waals surface area contributed by atoms with Crippen LogP contribution in [0.25, 0.3) is 0 Å². The summed E-state index contributed by atoms with van der Waals surface area (Å²) in [7, 11) is 0. The van der Waals surface area contributed by atoms with Gasteiger partial charge in [-0.1, -0.05) is 36.4 Å². The number of carbonyl (C=O) groups is 2. The Hall–Kier alpha value is -1.85. The average Bonchev–Trinajstić information content (AvgIpc) is 2.71. The van der Waals surface area contributed by atoms with Crippen LogP contribution in [0.5, 0.6) is 0 Å². The Bertz CT molecular complexity index is 837. The van der Waals surface area contributed by atoms with Crippen molar-refractivity contribution in [2.45, 2.75) is 44.6 Å². The molecule has 162 valence electrons. The number of nitrogens with zero attached hydrogens (tertiary/aromatic N) is 2. The molecule has 2 amide bonds. The molecule has 6 heteroatoms. The van der Waals surface area contributed by atoms with E-state index in [-0.39, 0.29) is 34.7 Å². The van der Waals surface area contributed by atoms with Crippen molar-refractivity contribution in [3.63, 3.8) is 0 Å². The van der Waals surface area contributed by atoms with Crippen molar-refractivity contribution in [1.29, 1.82) is 0 Å². The Morgan fingerprint density at radius 1 is 1.17 bits per heavy atom. The van der Waals surface area contributed by atoms with Crippen molar-refractivity contribution in [2.75, 3.05) is 32.8 Å². The second-order valence-electron chi connectivity index (χ2n) is 9.73. The summed E-state index contributed by atoms with van der Waals surface area (Å²) >= 11 is 6.52. The summed E-state index contributed by atoms with van der Waals surface area (Å²) < 4.78 is 6.06. The molecular formula is C24H31ClN2O3. The van der Waals surface area contributed by atoms with Crippen LogP contribution < -0.4 is 0 Å². The van der Waals surface area contributed by atoms with Crippen molar-refractivity contribution in [2.24, 2.45) is 11.3 Å². The summed E-state index contributed by atoms with van der Waals surface area (Å²) in [6.07, 6.45) is 4.03. The van der Waals surface area contributed by atoms with Gasteiger partial charge >= 0.3 is 0 Å². The monoisotopic (exact) mass is 430 g/mol. The molecule has 3 saturated heterocycles. The number of hydrogen-bond acceptors (Lipinski definition) is 3. The minimum Gasteiger partial charge on any atom is -0.375 e. The number of piperidine rings is 1. The minimum atomic E-state index is -0.278. The fraction of sp³-hybridized carbons (Fsp3) is 0.583. The SMILES string of the molecule is C=CC(=O)N1CC2(CCN(C(=O)[C@@H]3COC(C)(C)C[C@H]3c3ccccc3Cl)CC2)C1. The molecule has 0 N–H and O–H groups in total. The van der Waals surface area contributed by atoms with Crippen molar-refractivity contribution in [3.05, 3.63) is 47.5 Å².